The first-order valence-electron chi connectivity index (χ1n) is 17.4. The van der Waals surface area contributed by atoms with Crippen molar-refractivity contribution in [1.29, 1.82) is 5.26 Å². The van der Waals surface area contributed by atoms with Gasteiger partial charge in [0.05, 0.1) is 11.8 Å². The average Bonchev–Trinajstić information content (AvgIpc) is 3.66. The van der Waals surface area contributed by atoms with Gasteiger partial charge < -0.3 is 15.2 Å². The van der Waals surface area contributed by atoms with Gasteiger partial charge in [0.2, 0.25) is 5.91 Å². The minimum absolute atomic E-state index is 0.00345. The SMILES string of the molecule is CC/C=C/C(=O)NC1CCC(CCn2c(C#N)cc3c(C)c(CN4CCC(Nc5ncnc6sc(CC(F)(F)F)cc56)CC4)ccc32)CC1. The smallest absolute Gasteiger partial charge is 0.367 e. The summed E-state index contributed by atoms with van der Waals surface area (Å²) in [6.45, 7) is 7.57. The highest BCUT2D eigenvalue weighted by Gasteiger charge is 2.29. The molecule has 0 spiro atoms. The summed E-state index contributed by atoms with van der Waals surface area (Å²) in [6, 6.07) is 10.8. The van der Waals surface area contributed by atoms with Gasteiger partial charge in [-0.25, -0.2) is 9.97 Å². The van der Waals surface area contributed by atoms with Crippen molar-refractivity contribution in [3.8, 4) is 6.07 Å². The Morgan fingerprint density at radius 1 is 1.08 bits per heavy atom. The Labute approximate surface area is 289 Å². The van der Waals surface area contributed by atoms with Crippen molar-refractivity contribution in [3.05, 3.63) is 64.4 Å². The number of nitriles is 1. The Morgan fingerprint density at radius 2 is 1.86 bits per heavy atom. The molecule has 1 saturated carbocycles. The van der Waals surface area contributed by atoms with Gasteiger partial charge in [-0.1, -0.05) is 19.1 Å². The van der Waals surface area contributed by atoms with Crippen LogP contribution in [0, 0.1) is 24.2 Å². The Kier molecular flexibility index (Phi) is 10.9. The number of carbonyl (C=O) groups excluding carboxylic acids is 1. The van der Waals surface area contributed by atoms with Gasteiger partial charge in [0.15, 0.2) is 0 Å². The van der Waals surface area contributed by atoms with E-state index < -0.39 is 12.6 Å². The zero-order chi connectivity index (χ0) is 34.5. The Morgan fingerprint density at radius 3 is 2.57 bits per heavy atom. The molecule has 4 heterocycles. The molecule has 6 rings (SSSR count). The molecule has 2 fully saturated rings. The molecule has 0 atom stereocenters. The number of allylic oxidation sites excluding steroid dienone is 1. The van der Waals surface area contributed by atoms with Crippen LogP contribution in [0.15, 0.2) is 42.7 Å². The number of rotatable bonds is 11. The third-order valence-corrected chi connectivity index (χ3v) is 11.2. The van der Waals surface area contributed by atoms with Crippen LogP contribution in [0.5, 0.6) is 0 Å². The van der Waals surface area contributed by atoms with Crippen LogP contribution in [0.3, 0.4) is 0 Å². The fraction of sp³-hybridized carbons (Fsp3) is 0.514. The van der Waals surface area contributed by atoms with Crippen molar-refractivity contribution in [2.24, 2.45) is 5.92 Å². The van der Waals surface area contributed by atoms with Crippen molar-refractivity contribution in [2.75, 3.05) is 18.4 Å². The number of hydrogen-bond donors (Lipinski definition) is 2. The molecular weight excluding hydrogens is 648 g/mol. The second-order valence-electron chi connectivity index (χ2n) is 13.5. The number of carbonyl (C=O) groups is 1. The number of aromatic nitrogens is 3. The maximum atomic E-state index is 13.0. The summed E-state index contributed by atoms with van der Waals surface area (Å²) in [5.41, 5.74) is 4.26. The van der Waals surface area contributed by atoms with Crippen molar-refractivity contribution in [1.82, 2.24) is 24.8 Å². The van der Waals surface area contributed by atoms with Gasteiger partial charge in [0.1, 0.15) is 28.7 Å². The van der Waals surface area contributed by atoms with Gasteiger partial charge in [-0.3, -0.25) is 9.69 Å². The van der Waals surface area contributed by atoms with E-state index in [1.807, 2.05) is 19.1 Å². The summed E-state index contributed by atoms with van der Waals surface area (Å²) in [5, 5.41) is 18.4. The number of alkyl halides is 3. The topological polar surface area (TPSA) is 98.9 Å². The lowest BCUT2D eigenvalue weighted by atomic mass is 9.84. The van der Waals surface area contributed by atoms with Crippen molar-refractivity contribution in [3.63, 3.8) is 0 Å². The molecule has 260 valence electrons. The molecule has 1 aliphatic carbocycles. The van der Waals surface area contributed by atoms with E-state index in [2.05, 4.69) is 55.2 Å². The number of halogens is 3. The maximum Gasteiger partial charge on any atom is 0.393 e. The van der Waals surface area contributed by atoms with Gasteiger partial charge in [-0.05, 0) is 99.6 Å². The van der Waals surface area contributed by atoms with Crippen LogP contribution >= 0.6 is 11.3 Å². The average molecular weight is 692 g/mol. The molecule has 0 unspecified atom stereocenters. The maximum absolute atomic E-state index is 13.0. The number of likely N-dealkylation sites (tertiary alicyclic amines) is 1. The molecule has 1 aliphatic heterocycles. The quantitative estimate of drug-likeness (QED) is 0.155. The summed E-state index contributed by atoms with van der Waals surface area (Å²) in [7, 11) is 0. The standard InChI is InChI=1S/C37H44F3N7OS/c1-3-4-5-34(48)44-27-9-6-25(7-10-27)12-17-47-29(21-41)18-31-24(2)26(8-11-33(31)47)22-46-15-13-28(14-16-46)45-35-32-19-30(20-37(38,39)40)49-36(32)43-23-42-35/h4-5,8,11,18-19,23,25,27-28H,3,6-7,9-10,12-17,20,22H2,1-2H3,(H,44,48)(H,42,43,45)/b5-4+. The van der Waals surface area contributed by atoms with Crippen molar-refractivity contribution >= 4 is 44.2 Å². The van der Waals surface area contributed by atoms with E-state index in [-0.39, 0.29) is 22.9 Å². The van der Waals surface area contributed by atoms with E-state index >= 15 is 0 Å². The zero-order valence-corrected chi connectivity index (χ0v) is 29.0. The molecule has 8 nitrogen and oxygen atoms in total. The molecule has 1 aromatic carbocycles. The van der Waals surface area contributed by atoms with Gasteiger partial charge in [-0.15, -0.1) is 11.3 Å². The molecular formula is C37H44F3N7OS. The van der Waals surface area contributed by atoms with E-state index in [0.717, 1.165) is 99.8 Å². The number of aryl methyl sites for hydroxylation is 2. The molecule has 2 N–H and O–H groups in total. The van der Waals surface area contributed by atoms with E-state index in [9.17, 15) is 23.2 Å². The molecule has 49 heavy (non-hydrogen) atoms. The molecule has 1 amide bonds. The van der Waals surface area contributed by atoms with Crippen LogP contribution in [-0.2, 0) is 24.3 Å². The van der Waals surface area contributed by atoms with E-state index in [1.165, 1.54) is 17.5 Å². The summed E-state index contributed by atoms with van der Waals surface area (Å²) in [5.74, 6) is 1.19. The number of anilines is 1. The number of nitrogens with one attached hydrogen (secondary N) is 2. The number of nitrogens with zero attached hydrogens (tertiary/aromatic N) is 5. The fourth-order valence-electron chi connectivity index (χ4n) is 7.38. The molecule has 1 saturated heterocycles. The number of hydrogen-bond acceptors (Lipinski definition) is 7. The van der Waals surface area contributed by atoms with Crippen LogP contribution in [0.25, 0.3) is 21.1 Å². The normalized spacial score (nSPS) is 19.5. The predicted molar refractivity (Wildman–Crippen MR) is 188 cm³/mol. The second kappa shape index (κ2) is 15.3. The first-order chi connectivity index (χ1) is 23.6. The minimum atomic E-state index is -4.26. The fourth-order valence-corrected chi connectivity index (χ4v) is 8.41. The third-order valence-electron chi connectivity index (χ3n) is 10.1. The van der Waals surface area contributed by atoms with Gasteiger partial charge in [0, 0.05) is 54.0 Å². The predicted octanol–water partition coefficient (Wildman–Crippen LogP) is 8.04. The summed E-state index contributed by atoms with van der Waals surface area (Å²) in [4.78, 5) is 23.9. The monoisotopic (exact) mass is 691 g/mol. The lowest BCUT2D eigenvalue weighted by Gasteiger charge is -2.33. The first kappa shape index (κ1) is 34.9. The third kappa shape index (κ3) is 8.62. The van der Waals surface area contributed by atoms with Crippen molar-refractivity contribution < 1.29 is 18.0 Å². The van der Waals surface area contributed by atoms with E-state index in [4.69, 9.17) is 0 Å². The molecule has 12 heteroatoms. The highest BCUT2D eigenvalue weighted by Crippen LogP contribution is 2.34. The number of thiophene rings is 1. The zero-order valence-electron chi connectivity index (χ0n) is 28.2. The first-order valence-corrected chi connectivity index (χ1v) is 18.2. The second-order valence-corrected chi connectivity index (χ2v) is 14.7. The van der Waals surface area contributed by atoms with Crippen LogP contribution < -0.4 is 10.6 Å². The Balaban J connectivity index is 1.03. The van der Waals surface area contributed by atoms with Gasteiger partial charge in [-0.2, -0.15) is 18.4 Å². The number of benzene rings is 1. The lowest BCUT2D eigenvalue weighted by Crippen LogP contribution is -2.39. The molecule has 4 aromatic rings. The molecule has 3 aromatic heterocycles. The van der Waals surface area contributed by atoms with E-state index in [0.29, 0.717) is 27.6 Å². The largest absolute Gasteiger partial charge is 0.393 e. The van der Waals surface area contributed by atoms with Crippen LogP contribution in [-0.4, -0.2) is 56.7 Å². The highest BCUT2D eigenvalue weighted by atomic mass is 32.1. The molecule has 0 bridgehead atoms. The number of piperidine rings is 1. The summed E-state index contributed by atoms with van der Waals surface area (Å²) >= 11 is 1.07. The molecule has 2 aliphatic rings. The summed E-state index contributed by atoms with van der Waals surface area (Å²) < 4.78 is 41.0. The minimum Gasteiger partial charge on any atom is -0.367 e. The number of fused-ring (bicyclic) bond motifs is 2. The highest BCUT2D eigenvalue weighted by molar-refractivity contribution is 7.18. The van der Waals surface area contributed by atoms with Crippen molar-refractivity contribution in [2.45, 2.75) is 103 Å². The van der Waals surface area contributed by atoms with Gasteiger partial charge >= 0.3 is 6.18 Å². The Bertz CT molecular complexity index is 1840. The van der Waals surface area contributed by atoms with E-state index in [1.54, 1.807) is 12.1 Å². The summed E-state index contributed by atoms with van der Waals surface area (Å²) in [6.07, 6.45) is 7.54. The van der Waals surface area contributed by atoms with Crippen LogP contribution in [0.1, 0.15) is 80.0 Å². The molecule has 0 radical (unpaired) electrons. The van der Waals surface area contributed by atoms with Crippen LogP contribution in [0.4, 0.5) is 19.0 Å². The van der Waals surface area contributed by atoms with Crippen LogP contribution in [0.2, 0.25) is 0 Å². The lowest BCUT2D eigenvalue weighted by molar-refractivity contribution is -0.126. The Hall–Kier alpha value is -3.95. The van der Waals surface area contributed by atoms with Gasteiger partial charge in [0.25, 0.3) is 0 Å². The number of amides is 1.